The van der Waals surface area contributed by atoms with Crippen molar-refractivity contribution in [2.75, 3.05) is 5.32 Å². The van der Waals surface area contributed by atoms with E-state index >= 15 is 0 Å². The summed E-state index contributed by atoms with van der Waals surface area (Å²) in [4.78, 5) is 34.4. The average molecular weight is 356 g/mol. The van der Waals surface area contributed by atoms with Crippen molar-refractivity contribution in [2.24, 2.45) is 5.92 Å². The molecule has 0 aliphatic heterocycles. The van der Waals surface area contributed by atoms with Gasteiger partial charge in [-0.3, -0.25) is 19.7 Å². The van der Waals surface area contributed by atoms with Crippen molar-refractivity contribution in [3.63, 3.8) is 0 Å². The zero-order valence-electron chi connectivity index (χ0n) is 14.8. The van der Waals surface area contributed by atoms with E-state index in [4.69, 9.17) is 4.74 Å². The summed E-state index contributed by atoms with van der Waals surface area (Å²) in [6.45, 7) is 5.16. The molecular weight excluding hydrogens is 336 g/mol. The van der Waals surface area contributed by atoms with Gasteiger partial charge in [0.15, 0.2) is 6.10 Å². The Morgan fingerprint density at radius 3 is 2.31 bits per heavy atom. The molecule has 0 heterocycles. The van der Waals surface area contributed by atoms with Gasteiger partial charge in [0, 0.05) is 23.2 Å². The lowest BCUT2D eigenvalue weighted by molar-refractivity contribution is -0.384. The Morgan fingerprint density at radius 2 is 1.73 bits per heavy atom. The smallest absolute Gasteiger partial charge is 0.273 e. The molecule has 7 heteroatoms. The molecular formula is C19H20N2O5. The molecule has 1 amide bonds. The van der Waals surface area contributed by atoms with Gasteiger partial charge in [0.05, 0.1) is 11.0 Å². The number of nitrogens with zero attached hydrogens (tertiary/aromatic N) is 1. The highest BCUT2D eigenvalue weighted by atomic mass is 16.6. The number of carbonyl (C=O) groups excluding carboxylic acids is 2. The molecule has 2 rings (SSSR count). The number of nitrogens with one attached hydrogen (secondary N) is 1. The largest absolute Gasteiger partial charge is 0.482 e. The SMILES string of the molecule is CC(C)C(=O)Nc1ccc(C(=O)C(C)Oc2cccc([N+](=O)[O-])c2)cc1. The van der Waals surface area contributed by atoms with Gasteiger partial charge in [-0.2, -0.15) is 0 Å². The van der Waals surface area contributed by atoms with E-state index < -0.39 is 11.0 Å². The Labute approximate surface area is 151 Å². The summed E-state index contributed by atoms with van der Waals surface area (Å²) < 4.78 is 5.52. The minimum atomic E-state index is -0.812. The van der Waals surface area contributed by atoms with Gasteiger partial charge in [-0.1, -0.05) is 19.9 Å². The van der Waals surface area contributed by atoms with Crippen LogP contribution in [0.1, 0.15) is 31.1 Å². The summed E-state index contributed by atoms with van der Waals surface area (Å²) in [5, 5.41) is 13.5. The molecule has 7 nitrogen and oxygen atoms in total. The second-order valence-corrected chi connectivity index (χ2v) is 6.10. The van der Waals surface area contributed by atoms with Crippen LogP contribution in [0.15, 0.2) is 48.5 Å². The number of hydrogen-bond acceptors (Lipinski definition) is 5. The van der Waals surface area contributed by atoms with Crippen molar-refractivity contribution >= 4 is 23.1 Å². The third-order valence-electron chi connectivity index (χ3n) is 3.67. The first kappa shape index (κ1) is 19.1. The fourth-order valence-electron chi connectivity index (χ4n) is 2.17. The summed E-state index contributed by atoms with van der Waals surface area (Å²) in [6.07, 6.45) is -0.812. The monoisotopic (exact) mass is 356 g/mol. The van der Waals surface area contributed by atoms with Gasteiger partial charge in [0.25, 0.3) is 5.69 Å². The summed E-state index contributed by atoms with van der Waals surface area (Å²) in [6, 6.07) is 12.2. The van der Waals surface area contributed by atoms with Gasteiger partial charge in [0.2, 0.25) is 11.7 Å². The van der Waals surface area contributed by atoms with Crippen LogP contribution in [0.3, 0.4) is 0 Å². The second-order valence-electron chi connectivity index (χ2n) is 6.10. The number of carbonyl (C=O) groups is 2. The number of amides is 1. The maximum absolute atomic E-state index is 12.5. The molecule has 0 fully saturated rings. The van der Waals surface area contributed by atoms with Crippen LogP contribution in [0.4, 0.5) is 11.4 Å². The Balaban J connectivity index is 2.05. The van der Waals surface area contributed by atoms with E-state index in [0.29, 0.717) is 11.3 Å². The zero-order chi connectivity index (χ0) is 19.3. The Kier molecular flexibility index (Phi) is 6.06. The topological polar surface area (TPSA) is 98.5 Å². The van der Waals surface area contributed by atoms with Crippen LogP contribution < -0.4 is 10.1 Å². The lowest BCUT2D eigenvalue weighted by atomic mass is 10.1. The molecule has 0 saturated heterocycles. The molecule has 0 aromatic heterocycles. The fraction of sp³-hybridized carbons (Fsp3) is 0.263. The number of ether oxygens (including phenoxy) is 1. The predicted molar refractivity (Wildman–Crippen MR) is 97.4 cm³/mol. The first-order valence-corrected chi connectivity index (χ1v) is 8.14. The third-order valence-corrected chi connectivity index (χ3v) is 3.67. The van der Waals surface area contributed by atoms with E-state index in [1.54, 1.807) is 51.1 Å². The lowest BCUT2D eigenvalue weighted by Crippen LogP contribution is -2.24. The van der Waals surface area contributed by atoms with Crippen molar-refractivity contribution in [3.8, 4) is 5.75 Å². The first-order valence-electron chi connectivity index (χ1n) is 8.14. The maximum atomic E-state index is 12.5. The van der Waals surface area contributed by atoms with Crippen LogP contribution in [0, 0.1) is 16.0 Å². The van der Waals surface area contributed by atoms with E-state index in [0.717, 1.165) is 0 Å². The number of benzene rings is 2. The van der Waals surface area contributed by atoms with Crippen molar-refractivity contribution < 1.29 is 19.2 Å². The maximum Gasteiger partial charge on any atom is 0.273 e. The summed E-state index contributed by atoms with van der Waals surface area (Å²) in [7, 11) is 0. The van der Waals surface area contributed by atoms with Gasteiger partial charge in [-0.25, -0.2) is 0 Å². The Bertz CT molecular complexity index is 815. The molecule has 0 spiro atoms. The van der Waals surface area contributed by atoms with E-state index in [1.807, 2.05) is 0 Å². The summed E-state index contributed by atoms with van der Waals surface area (Å²) in [5.74, 6) is -0.259. The summed E-state index contributed by atoms with van der Waals surface area (Å²) in [5.41, 5.74) is 0.922. The van der Waals surface area contributed by atoms with E-state index in [1.165, 1.54) is 18.2 Å². The number of rotatable bonds is 7. The number of Topliss-reactive ketones (excluding diaryl/α,β-unsaturated/α-hetero) is 1. The molecule has 0 aliphatic carbocycles. The minimum Gasteiger partial charge on any atom is -0.482 e. The quantitative estimate of drug-likeness (QED) is 0.462. The second kappa shape index (κ2) is 8.24. The van der Waals surface area contributed by atoms with E-state index in [2.05, 4.69) is 5.32 Å². The van der Waals surface area contributed by atoms with Crippen LogP contribution in [-0.4, -0.2) is 22.7 Å². The Hall–Kier alpha value is -3.22. The standard InChI is InChI=1S/C19H20N2O5/c1-12(2)19(23)20-15-9-7-14(8-10-15)18(22)13(3)26-17-6-4-5-16(11-17)21(24)25/h4-13H,1-3H3,(H,20,23). The number of nitro benzene ring substituents is 1. The number of non-ortho nitro benzene ring substituents is 1. The van der Waals surface area contributed by atoms with Gasteiger partial charge in [-0.05, 0) is 37.3 Å². The zero-order valence-corrected chi connectivity index (χ0v) is 14.8. The molecule has 0 radical (unpaired) electrons. The minimum absolute atomic E-state index is 0.104. The van der Waals surface area contributed by atoms with Crippen molar-refractivity contribution in [1.29, 1.82) is 0 Å². The number of nitro groups is 1. The molecule has 26 heavy (non-hydrogen) atoms. The molecule has 2 aromatic rings. The molecule has 1 N–H and O–H groups in total. The number of anilines is 1. The summed E-state index contributed by atoms with van der Waals surface area (Å²) >= 11 is 0. The third kappa shape index (κ3) is 4.89. The Morgan fingerprint density at radius 1 is 1.08 bits per heavy atom. The van der Waals surface area contributed by atoms with Crippen LogP contribution in [0.2, 0.25) is 0 Å². The average Bonchev–Trinajstić information content (AvgIpc) is 2.61. The molecule has 1 atom stereocenters. The van der Waals surface area contributed by atoms with Crippen LogP contribution in [-0.2, 0) is 4.79 Å². The van der Waals surface area contributed by atoms with Crippen molar-refractivity contribution in [1.82, 2.24) is 0 Å². The highest BCUT2D eigenvalue weighted by Gasteiger charge is 2.18. The lowest BCUT2D eigenvalue weighted by Gasteiger charge is -2.14. The van der Waals surface area contributed by atoms with Gasteiger partial charge >= 0.3 is 0 Å². The van der Waals surface area contributed by atoms with Crippen molar-refractivity contribution in [2.45, 2.75) is 26.9 Å². The fourth-order valence-corrected chi connectivity index (χ4v) is 2.17. The van der Waals surface area contributed by atoms with Crippen LogP contribution in [0.25, 0.3) is 0 Å². The molecule has 2 aromatic carbocycles. The van der Waals surface area contributed by atoms with Gasteiger partial charge in [-0.15, -0.1) is 0 Å². The van der Waals surface area contributed by atoms with Crippen LogP contribution in [0.5, 0.6) is 5.75 Å². The number of hydrogen-bond donors (Lipinski definition) is 1. The number of ketones is 1. The highest BCUT2D eigenvalue weighted by Crippen LogP contribution is 2.21. The molecule has 0 saturated carbocycles. The predicted octanol–water partition coefficient (Wildman–Crippen LogP) is 3.84. The van der Waals surface area contributed by atoms with E-state index in [9.17, 15) is 19.7 Å². The van der Waals surface area contributed by atoms with Crippen LogP contribution >= 0.6 is 0 Å². The van der Waals surface area contributed by atoms with Gasteiger partial charge < -0.3 is 10.1 Å². The van der Waals surface area contributed by atoms with Gasteiger partial charge in [0.1, 0.15) is 5.75 Å². The van der Waals surface area contributed by atoms with Crippen molar-refractivity contribution in [3.05, 3.63) is 64.2 Å². The first-order chi connectivity index (χ1) is 12.3. The normalized spacial score (nSPS) is 11.7. The molecule has 1 unspecified atom stereocenters. The molecule has 0 bridgehead atoms. The molecule has 136 valence electrons. The highest BCUT2D eigenvalue weighted by molar-refractivity contribution is 6.00. The van der Waals surface area contributed by atoms with E-state index in [-0.39, 0.29) is 29.0 Å². The molecule has 0 aliphatic rings.